The van der Waals surface area contributed by atoms with Crippen molar-refractivity contribution in [1.82, 2.24) is 19.7 Å². The second-order valence-electron chi connectivity index (χ2n) is 4.03. The monoisotopic (exact) mass is 254 g/mol. The van der Waals surface area contributed by atoms with Gasteiger partial charge in [0.15, 0.2) is 4.77 Å². The summed E-state index contributed by atoms with van der Waals surface area (Å²) < 4.78 is 2.69. The predicted molar refractivity (Wildman–Crippen MR) is 67.3 cm³/mol. The minimum Gasteiger partial charge on any atom is -0.292 e. The second-order valence-corrected chi connectivity index (χ2v) is 5.31. The van der Waals surface area contributed by atoms with Crippen molar-refractivity contribution in [2.24, 2.45) is 0 Å². The summed E-state index contributed by atoms with van der Waals surface area (Å²) in [5.74, 6) is 0.963. The van der Waals surface area contributed by atoms with E-state index in [4.69, 9.17) is 12.2 Å². The van der Waals surface area contributed by atoms with Crippen LogP contribution in [0, 0.1) is 4.77 Å². The molecule has 16 heavy (non-hydrogen) atoms. The summed E-state index contributed by atoms with van der Waals surface area (Å²) in [5.41, 5.74) is -0.246. The Morgan fingerprint density at radius 2 is 2.31 bits per heavy atom. The number of aromatic amines is 1. The molecule has 6 heteroatoms. The van der Waals surface area contributed by atoms with Gasteiger partial charge in [0.1, 0.15) is 10.8 Å². The molecule has 2 heterocycles. The van der Waals surface area contributed by atoms with Crippen LogP contribution in [0.1, 0.15) is 31.6 Å². The number of hydrogen-bond acceptors (Lipinski definition) is 4. The second kappa shape index (κ2) is 4.10. The number of rotatable bonds is 3. The Morgan fingerprint density at radius 1 is 1.56 bits per heavy atom. The third-order valence-electron chi connectivity index (χ3n) is 2.57. The molecule has 0 spiro atoms. The molecule has 0 unspecified atom stereocenters. The van der Waals surface area contributed by atoms with Crippen LogP contribution < -0.4 is 0 Å². The van der Waals surface area contributed by atoms with E-state index in [0.717, 1.165) is 17.3 Å². The number of aryl methyl sites for hydroxylation is 1. The van der Waals surface area contributed by atoms with Crippen molar-refractivity contribution in [3.8, 4) is 0 Å². The molecule has 0 saturated heterocycles. The highest BCUT2D eigenvalue weighted by atomic mass is 32.1. The summed E-state index contributed by atoms with van der Waals surface area (Å²) in [5, 5.41) is 10.1. The molecule has 2 rings (SSSR count). The van der Waals surface area contributed by atoms with Crippen molar-refractivity contribution in [2.75, 3.05) is 0 Å². The van der Waals surface area contributed by atoms with Gasteiger partial charge in [-0.2, -0.15) is 5.10 Å². The number of thiazole rings is 1. The van der Waals surface area contributed by atoms with E-state index >= 15 is 0 Å². The average Bonchev–Trinajstić information content (AvgIpc) is 2.85. The topological polar surface area (TPSA) is 46.5 Å². The van der Waals surface area contributed by atoms with E-state index in [9.17, 15) is 0 Å². The molecule has 2 aromatic heterocycles. The molecule has 2 aromatic rings. The normalized spacial score (nSPS) is 11.9. The summed E-state index contributed by atoms with van der Waals surface area (Å²) >= 11 is 6.92. The van der Waals surface area contributed by atoms with Crippen LogP contribution in [-0.2, 0) is 12.0 Å². The highest BCUT2D eigenvalue weighted by molar-refractivity contribution is 7.71. The Bertz CT molecular complexity index is 521. The van der Waals surface area contributed by atoms with Crippen LogP contribution in [0.2, 0.25) is 0 Å². The molecule has 4 nitrogen and oxygen atoms in total. The summed E-state index contributed by atoms with van der Waals surface area (Å²) in [6, 6.07) is 0. The first-order valence-electron chi connectivity index (χ1n) is 5.14. The SMILES string of the molecule is CCc1n[nH]c(=S)n1C(C)(C)c1nccs1. The summed E-state index contributed by atoms with van der Waals surface area (Å²) in [7, 11) is 0. The van der Waals surface area contributed by atoms with E-state index in [2.05, 4.69) is 36.0 Å². The Balaban J connectivity index is 2.59. The lowest BCUT2D eigenvalue weighted by molar-refractivity contribution is 0.413. The molecule has 86 valence electrons. The molecule has 0 aromatic carbocycles. The van der Waals surface area contributed by atoms with Crippen molar-refractivity contribution in [1.29, 1.82) is 0 Å². The van der Waals surface area contributed by atoms with E-state index in [0.29, 0.717) is 4.77 Å². The van der Waals surface area contributed by atoms with Gasteiger partial charge in [-0.05, 0) is 26.1 Å². The van der Waals surface area contributed by atoms with Crippen LogP contribution >= 0.6 is 23.6 Å². The zero-order valence-corrected chi connectivity index (χ0v) is 11.2. The van der Waals surface area contributed by atoms with E-state index in [-0.39, 0.29) is 5.54 Å². The lowest BCUT2D eigenvalue weighted by Gasteiger charge is -2.25. The van der Waals surface area contributed by atoms with Crippen LogP contribution in [0.4, 0.5) is 0 Å². The predicted octanol–water partition coefficient (Wildman–Crippen LogP) is 2.74. The van der Waals surface area contributed by atoms with Gasteiger partial charge in [-0.1, -0.05) is 6.92 Å². The van der Waals surface area contributed by atoms with Gasteiger partial charge in [0, 0.05) is 18.0 Å². The maximum Gasteiger partial charge on any atom is 0.196 e. The van der Waals surface area contributed by atoms with Gasteiger partial charge >= 0.3 is 0 Å². The van der Waals surface area contributed by atoms with E-state index in [1.807, 2.05) is 16.1 Å². The average molecular weight is 254 g/mol. The van der Waals surface area contributed by atoms with Crippen LogP contribution in [-0.4, -0.2) is 19.7 Å². The number of nitrogens with one attached hydrogen (secondary N) is 1. The van der Waals surface area contributed by atoms with Gasteiger partial charge in [0.25, 0.3) is 0 Å². The third-order valence-corrected chi connectivity index (χ3v) is 3.93. The zero-order chi connectivity index (χ0) is 11.8. The Labute approximate surface area is 103 Å². The van der Waals surface area contributed by atoms with Gasteiger partial charge in [0.05, 0.1) is 5.54 Å². The number of hydrogen-bond donors (Lipinski definition) is 1. The first-order valence-corrected chi connectivity index (χ1v) is 6.43. The largest absolute Gasteiger partial charge is 0.292 e. The van der Waals surface area contributed by atoms with Crippen molar-refractivity contribution in [3.63, 3.8) is 0 Å². The van der Waals surface area contributed by atoms with Crippen LogP contribution in [0.25, 0.3) is 0 Å². The molecule has 0 amide bonds. The molecule has 1 N–H and O–H groups in total. The maximum atomic E-state index is 5.28. The highest BCUT2D eigenvalue weighted by Gasteiger charge is 2.28. The van der Waals surface area contributed by atoms with Gasteiger partial charge in [-0.3, -0.25) is 9.67 Å². The van der Waals surface area contributed by atoms with Crippen LogP contribution in [0.3, 0.4) is 0 Å². The van der Waals surface area contributed by atoms with E-state index in [1.54, 1.807) is 11.3 Å². The smallest absolute Gasteiger partial charge is 0.196 e. The third kappa shape index (κ3) is 1.72. The van der Waals surface area contributed by atoms with Crippen molar-refractivity contribution in [2.45, 2.75) is 32.7 Å². The first-order chi connectivity index (χ1) is 7.57. The fourth-order valence-corrected chi connectivity index (χ4v) is 2.90. The molecule has 0 saturated carbocycles. The van der Waals surface area contributed by atoms with Crippen molar-refractivity contribution < 1.29 is 0 Å². The quantitative estimate of drug-likeness (QED) is 0.857. The highest BCUT2D eigenvalue weighted by Crippen LogP contribution is 2.28. The standard InChI is InChI=1S/C10H14N4S2/c1-4-7-12-13-9(15)14(7)10(2,3)8-11-5-6-16-8/h5-6H,4H2,1-3H3,(H,13,15). The fraction of sp³-hybridized carbons (Fsp3) is 0.500. The molecular weight excluding hydrogens is 240 g/mol. The van der Waals surface area contributed by atoms with E-state index < -0.39 is 0 Å². The van der Waals surface area contributed by atoms with Gasteiger partial charge in [-0.25, -0.2) is 4.98 Å². The Kier molecular flexibility index (Phi) is 2.94. The van der Waals surface area contributed by atoms with Gasteiger partial charge < -0.3 is 0 Å². The summed E-state index contributed by atoms with van der Waals surface area (Å²) in [6.07, 6.45) is 2.67. The van der Waals surface area contributed by atoms with Crippen LogP contribution in [0.15, 0.2) is 11.6 Å². The van der Waals surface area contributed by atoms with Gasteiger partial charge in [-0.15, -0.1) is 11.3 Å². The fourth-order valence-electron chi connectivity index (χ4n) is 1.76. The molecule has 0 radical (unpaired) electrons. The maximum absolute atomic E-state index is 5.28. The number of H-pyrrole nitrogens is 1. The summed E-state index contributed by atoms with van der Waals surface area (Å²) in [4.78, 5) is 4.37. The van der Waals surface area contributed by atoms with Crippen molar-refractivity contribution >= 4 is 23.6 Å². The molecular formula is C10H14N4S2. The Hall–Kier alpha value is -1.01. The molecule has 0 aliphatic rings. The Morgan fingerprint density at radius 3 is 2.88 bits per heavy atom. The summed E-state index contributed by atoms with van der Waals surface area (Å²) in [6.45, 7) is 6.28. The number of nitrogens with zero attached hydrogens (tertiary/aromatic N) is 3. The van der Waals surface area contributed by atoms with Gasteiger partial charge in [0.2, 0.25) is 0 Å². The lowest BCUT2D eigenvalue weighted by Crippen LogP contribution is -2.29. The first kappa shape index (κ1) is 11.5. The molecule has 0 fully saturated rings. The molecule has 0 aliphatic carbocycles. The van der Waals surface area contributed by atoms with E-state index in [1.165, 1.54) is 0 Å². The lowest BCUT2D eigenvalue weighted by atomic mass is 10.1. The molecule has 0 bridgehead atoms. The molecule has 0 aliphatic heterocycles. The van der Waals surface area contributed by atoms with Crippen molar-refractivity contribution in [3.05, 3.63) is 27.2 Å². The zero-order valence-electron chi connectivity index (χ0n) is 9.52. The minimum absolute atomic E-state index is 0.246. The minimum atomic E-state index is -0.246. The van der Waals surface area contributed by atoms with Crippen LogP contribution in [0.5, 0.6) is 0 Å². The molecule has 0 atom stereocenters. The number of aromatic nitrogens is 4.